The number of aromatic nitrogens is 1. The number of carbonyl (C=O) groups is 1. The van der Waals surface area contributed by atoms with Gasteiger partial charge >= 0.3 is 5.97 Å². The maximum Gasteiger partial charge on any atom is 0.358 e. The zero-order valence-corrected chi connectivity index (χ0v) is 13.4. The van der Waals surface area contributed by atoms with E-state index in [9.17, 15) is 14.7 Å². The molecular weight excluding hydrogens is 290 g/mol. The Morgan fingerprint density at radius 1 is 1.43 bits per heavy atom. The minimum atomic E-state index is -0.676. The highest BCUT2D eigenvalue weighted by Gasteiger charge is 2.26. The van der Waals surface area contributed by atoms with Crippen LogP contribution in [0.3, 0.4) is 0 Å². The average Bonchev–Trinajstić information content (AvgIpc) is 2.84. The molecule has 0 saturated carbocycles. The highest BCUT2D eigenvalue weighted by atomic mass is 32.1. The molecule has 6 heteroatoms. The van der Waals surface area contributed by atoms with E-state index in [0.29, 0.717) is 16.6 Å². The first kappa shape index (κ1) is 15.6. The molecular formula is C15H19NO4S. The quantitative estimate of drug-likeness (QED) is 0.885. The lowest BCUT2D eigenvalue weighted by atomic mass is 9.96. The molecule has 0 saturated heterocycles. The third-order valence-electron chi connectivity index (χ3n) is 2.96. The Balaban J connectivity index is 2.78. The molecule has 1 N–H and O–H groups in total. The third-order valence-corrected chi connectivity index (χ3v) is 3.86. The summed E-state index contributed by atoms with van der Waals surface area (Å²) in [4.78, 5) is 24.8. The van der Waals surface area contributed by atoms with Gasteiger partial charge in [0.25, 0.3) is 5.56 Å². The van der Waals surface area contributed by atoms with E-state index in [1.54, 1.807) is 18.4 Å². The zero-order valence-electron chi connectivity index (χ0n) is 12.6. The van der Waals surface area contributed by atoms with Gasteiger partial charge in [-0.3, -0.25) is 9.36 Å². The number of hydrogen-bond donors (Lipinski definition) is 1. The maximum atomic E-state index is 12.6. The van der Waals surface area contributed by atoms with Crippen LogP contribution < -0.4 is 5.56 Å². The van der Waals surface area contributed by atoms with Crippen molar-refractivity contribution in [3.05, 3.63) is 27.5 Å². The summed E-state index contributed by atoms with van der Waals surface area (Å²) in [5.41, 5.74) is -0.555. The molecule has 0 fully saturated rings. The SMILES string of the molecule is CCOC(=O)c1c(O)c2ccsc2c(=O)n1CC(C)(C)C. The molecule has 0 bridgehead atoms. The van der Waals surface area contributed by atoms with Crippen LogP contribution in [-0.4, -0.2) is 22.2 Å². The molecule has 21 heavy (non-hydrogen) atoms. The summed E-state index contributed by atoms with van der Waals surface area (Å²) >= 11 is 1.26. The van der Waals surface area contributed by atoms with Crippen LogP contribution in [0, 0.1) is 5.41 Å². The van der Waals surface area contributed by atoms with E-state index < -0.39 is 5.97 Å². The van der Waals surface area contributed by atoms with Gasteiger partial charge in [0.1, 0.15) is 4.70 Å². The number of nitrogens with zero attached hydrogens (tertiary/aromatic N) is 1. The number of carbonyl (C=O) groups excluding carboxylic acids is 1. The summed E-state index contributed by atoms with van der Waals surface area (Å²) in [5, 5.41) is 12.5. The Hall–Kier alpha value is -1.82. The lowest BCUT2D eigenvalue weighted by molar-refractivity contribution is 0.0506. The van der Waals surface area contributed by atoms with Gasteiger partial charge in [-0.1, -0.05) is 20.8 Å². The van der Waals surface area contributed by atoms with E-state index in [2.05, 4.69) is 0 Å². The van der Waals surface area contributed by atoms with Crippen molar-refractivity contribution in [3.63, 3.8) is 0 Å². The molecule has 0 unspecified atom stereocenters. The van der Waals surface area contributed by atoms with Gasteiger partial charge in [0, 0.05) is 11.9 Å². The first-order valence-corrected chi connectivity index (χ1v) is 7.64. The molecule has 0 radical (unpaired) electrons. The molecule has 2 aromatic rings. The van der Waals surface area contributed by atoms with Gasteiger partial charge in [-0.05, 0) is 23.8 Å². The first-order valence-electron chi connectivity index (χ1n) is 6.76. The fraction of sp³-hybridized carbons (Fsp3) is 0.467. The lowest BCUT2D eigenvalue weighted by Crippen LogP contribution is -2.31. The highest BCUT2D eigenvalue weighted by Crippen LogP contribution is 2.31. The third kappa shape index (κ3) is 2.95. The smallest absolute Gasteiger partial charge is 0.358 e. The molecule has 2 heterocycles. The van der Waals surface area contributed by atoms with Crippen molar-refractivity contribution >= 4 is 27.4 Å². The minimum absolute atomic E-state index is 0.0670. The second-order valence-corrected chi connectivity index (χ2v) is 6.95. The van der Waals surface area contributed by atoms with E-state index in [1.165, 1.54) is 15.9 Å². The van der Waals surface area contributed by atoms with E-state index in [-0.39, 0.29) is 29.0 Å². The number of esters is 1. The second kappa shape index (κ2) is 5.52. The van der Waals surface area contributed by atoms with E-state index >= 15 is 0 Å². The predicted octanol–water partition coefficient (Wildman–Crippen LogP) is 2.99. The highest BCUT2D eigenvalue weighted by molar-refractivity contribution is 7.17. The maximum absolute atomic E-state index is 12.6. The van der Waals surface area contributed by atoms with Crippen LogP contribution >= 0.6 is 11.3 Å². The second-order valence-electron chi connectivity index (χ2n) is 6.03. The molecule has 0 amide bonds. The van der Waals surface area contributed by atoms with Gasteiger partial charge in [0.05, 0.1) is 6.61 Å². The Labute approximate surface area is 126 Å². The molecule has 0 aliphatic heterocycles. The van der Waals surface area contributed by atoms with Crippen LogP contribution in [0.2, 0.25) is 0 Å². The predicted molar refractivity (Wildman–Crippen MR) is 83.2 cm³/mol. The number of pyridine rings is 1. The van der Waals surface area contributed by atoms with Crippen molar-refractivity contribution in [2.45, 2.75) is 34.2 Å². The molecule has 0 aliphatic carbocycles. The normalized spacial score (nSPS) is 11.8. The zero-order chi connectivity index (χ0) is 15.8. The Bertz CT molecular complexity index is 736. The number of ether oxygens (including phenoxy) is 1. The van der Waals surface area contributed by atoms with Gasteiger partial charge in [-0.25, -0.2) is 4.79 Å². The lowest BCUT2D eigenvalue weighted by Gasteiger charge is -2.22. The van der Waals surface area contributed by atoms with Gasteiger partial charge in [-0.2, -0.15) is 0 Å². The fourth-order valence-corrected chi connectivity index (χ4v) is 3.02. The Kier molecular flexibility index (Phi) is 4.09. The number of aromatic hydroxyl groups is 1. The standard InChI is InChI=1S/C15H19NO4S/c1-5-20-14(19)10-11(17)9-6-7-21-12(9)13(18)16(10)8-15(2,3)4/h6-7,17H,5,8H2,1-4H3. The van der Waals surface area contributed by atoms with E-state index in [1.807, 2.05) is 20.8 Å². The summed E-state index contributed by atoms with van der Waals surface area (Å²) in [7, 11) is 0. The molecule has 0 spiro atoms. The molecule has 2 aromatic heterocycles. The van der Waals surface area contributed by atoms with E-state index in [0.717, 1.165) is 0 Å². The molecule has 0 aromatic carbocycles. The van der Waals surface area contributed by atoms with Gasteiger partial charge in [0.15, 0.2) is 11.4 Å². The Morgan fingerprint density at radius 2 is 2.10 bits per heavy atom. The van der Waals surface area contributed by atoms with Crippen molar-refractivity contribution < 1.29 is 14.6 Å². The monoisotopic (exact) mass is 309 g/mol. The Morgan fingerprint density at radius 3 is 2.67 bits per heavy atom. The van der Waals surface area contributed by atoms with Crippen molar-refractivity contribution in [3.8, 4) is 5.75 Å². The van der Waals surface area contributed by atoms with Crippen molar-refractivity contribution in [2.24, 2.45) is 5.41 Å². The molecule has 0 aliphatic rings. The van der Waals surface area contributed by atoms with Crippen LogP contribution in [0.5, 0.6) is 5.75 Å². The summed E-state index contributed by atoms with van der Waals surface area (Å²) in [6.45, 7) is 8.08. The van der Waals surface area contributed by atoms with Crippen LogP contribution in [0.15, 0.2) is 16.2 Å². The van der Waals surface area contributed by atoms with Gasteiger partial charge in [-0.15, -0.1) is 11.3 Å². The van der Waals surface area contributed by atoms with Crippen molar-refractivity contribution in [1.29, 1.82) is 0 Å². The number of thiophene rings is 1. The van der Waals surface area contributed by atoms with E-state index in [4.69, 9.17) is 4.74 Å². The van der Waals surface area contributed by atoms with Crippen LogP contribution in [-0.2, 0) is 11.3 Å². The van der Waals surface area contributed by atoms with Gasteiger partial charge < -0.3 is 9.84 Å². The topological polar surface area (TPSA) is 68.5 Å². The number of hydrogen-bond acceptors (Lipinski definition) is 5. The summed E-state index contributed by atoms with van der Waals surface area (Å²) in [5.74, 6) is -0.863. The fourth-order valence-electron chi connectivity index (χ4n) is 2.17. The van der Waals surface area contributed by atoms with Gasteiger partial charge in [0.2, 0.25) is 0 Å². The molecule has 114 valence electrons. The minimum Gasteiger partial charge on any atom is -0.505 e. The molecule has 5 nitrogen and oxygen atoms in total. The molecule has 2 rings (SSSR count). The largest absolute Gasteiger partial charge is 0.505 e. The van der Waals surface area contributed by atoms with Crippen molar-refractivity contribution in [2.75, 3.05) is 6.61 Å². The first-order chi connectivity index (χ1) is 9.76. The number of fused-ring (bicyclic) bond motifs is 1. The van der Waals surface area contributed by atoms with Crippen molar-refractivity contribution in [1.82, 2.24) is 4.57 Å². The van der Waals surface area contributed by atoms with Crippen LogP contribution in [0.1, 0.15) is 38.2 Å². The molecule has 0 atom stereocenters. The summed E-state index contributed by atoms with van der Waals surface area (Å²) < 4.78 is 6.76. The van der Waals surface area contributed by atoms with Crippen LogP contribution in [0.25, 0.3) is 10.1 Å². The summed E-state index contributed by atoms with van der Waals surface area (Å²) in [6, 6.07) is 1.64. The van der Waals surface area contributed by atoms with Crippen LogP contribution in [0.4, 0.5) is 0 Å². The summed E-state index contributed by atoms with van der Waals surface area (Å²) in [6.07, 6.45) is 0. The average molecular weight is 309 g/mol. The number of rotatable bonds is 3.